The highest BCUT2D eigenvalue weighted by molar-refractivity contribution is 7.09. The molecule has 5 nitrogen and oxygen atoms in total. The van der Waals surface area contributed by atoms with Crippen molar-refractivity contribution in [2.75, 3.05) is 27.2 Å². The van der Waals surface area contributed by atoms with Gasteiger partial charge in [0.05, 0.1) is 11.0 Å². The molecule has 1 aromatic heterocycles. The molecule has 1 amide bonds. The standard InChI is InChI=1S/C16H20F2N4OS.2ClH/c1-22(2)13(15-10(17)4-3-5-11(15)18)8-20-16(23)12-9-24-14(21-12)6-7-19;;/h3-5,9,13H,6-8,19H2,1-2H3,(H,20,23);2*1H. The van der Waals surface area contributed by atoms with Crippen LogP contribution in [-0.4, -0.2) is 43.0 Å². The minimum Gasteiger partial charge on any atom is -0.349 e. The minimum absolute atomic E-state index is 0. The normalized spacial score (nSPS) is 11.5. The molecular formula is C16H22Cl2F2N4OS. The molecule has 0 radical (unpaired) electrons. The number of likely N-dealkylation sites (N-methyl/N-ethyl adjacent to an activating group) is 1. The van der Waals surface area contributed by atoms with Gasteiger partial charge in [-0.25, -0.2) is 13.8 Å². The van der Waals surface area contributed by atoms with Gasteiger partial charge in [0.15, 0.2) is 0 Å². The van der Waals surface area contributed by atoms with Gasteiger partial charge >= 0.3 is 0 Å². The van der Waals surface area contributed by atoms with Crippen LogP contribution in [0.15, 0.2) is 23.6 Å². The third kappa shape index (κ3) is 6.14. The largest absolute Gasteiger partial charge is 0.349 e. The van der Waals surface area contributed by atoms with Crippen LogP contribution < -0.4 is 11.1 Å². The van der Waals surface area contributed by atoms with Gasteiger partial charge in [0.25, 0.3) is 5.91 Å². The zero-order valence-electron chi connectivity index (χ0n) is 14.4. The molecule has 0 aliphatic heterocycles. The minimum atomic E-state index is -0.637. The lowest BCUT2D eigenvalue weighted by Gasteiger charge is -2.25. The maximum absolute atomic E-state index is 14.0. The molecule has 1 unspecified atom stereocenters. The van der Waals surface area contributed by atoms with Crippen molar-refractivity contribution in [2.24, 2.45) is 5.73 Å². The Bertz CT molecular complexity index is 695. The first kappa shape index (κ1) is 24.7. The zero-order valence-corrected chi connectivity index (χ0v) is 16.8. The van der Waals surface area contributed by atoms with E-state index in [1.54, 1.807) is 24.4 Å². The van der Waals surface area contributed by atoms with Crippen LogP contribution >= 0.6 is 36.2 Å². The second-order valence-electron chi connectivity index (χ2n) is 5.49. The summed E-state index contributed by atoms with van der Waals surface area (Å²) in [6.07, 6.45) is 0.610. The van der Waals surface area contributed by atoms with Crippen LogP contribution in [0.25, 0.3) is 0 Å². The van der Waals surface area contributed by atoms with Crippen LogP contribution in [0.1, 0.15) is 27.1 Å². The number of thiazole rings is 1. The van der Waals surface area contributed by atoms with Gasteiger partial charge in [-0.05, 0) is 32.8 Å². The number of aromatic nitrogens is 1. The number of nitrogens with two attached hydrogens (primary N) is 1. The number of benzene rings is 1. The van der Waals surface area contributed by atoms with Crippen molar-refractivity contribution in [3.63, 3.8) is 0 Å². The van der Waals surface area contributed by atoms with Gasteiger partial charge in [-0.1, -0.05) is 6.07 Å². The molecule has 0 aliphatic carbocycles. The first-order valence-electron chi connectivity index (χ1n) is 7.47. The summed E-state index contributed by atoms with van der Waals surface area (Å²) in [6, 6.07) is 3.09. The summed E-state index contributed by atoms with van der Waals surface area (Å²) in [6.45, 7) is 0.525. The van der Waals surface area contributed by atoms with E-state index in [0.29, 0.717) is 13.0 Å². The number of nitrogens with zero attached hydrogens (tertiary/aromatic N) is 2. The van der Waals surface area contributed by atoms with Crippen LogP contribution in [0.3, 0.4) is 0 Å². The molecule has 146 valence electrons. The number of hydrogen-bond acceptors (Lipinski definition) is 5. The number of hydrogen-bond donors (Lipinski definition) is 2. The second-order valence-corrected chi connectivity index (χ2v) is 6.43. The van der Waals surface area contributed by atoms with Gasteiger partial charge in [0.2, 0.25) is 0 Å². The van der Waals surface area contributed by atoms with E-state index >= 15 is 0 Å². The Morgan fingerprint density at radius 2 is 1.92 bits per heavy atom. The van der Waals surface area contributed by atoms with Gasteiger partial charge in [-0.15, -0.1) is 36.2 Å². The fraction of sp³-hybridized carbons (Fsp3) is 0.375. The zero-order chi connectivity index (χ0) is 17.7. The quantitative estimate of drug-likeness (QED) is 0.713. The van der Waals surface area contributed by atoms with Gasteiger partial charge < -0.3 is 16.0 Å². The van der Waals surface area contributed by atoms with Crippen molar-refractivity contribution < 1.29 is 13.6 Å². The summed E-state index contributed by atoms with van der Waals surface area (Å²) in [4.78, 5) is 18.0. The van der Waals surface area contributed by atoms with Crippen molar-refractivity contribution in [1.29, 1.82) is 0 Å². The molecular weight excluding hydrogens is 405 g/mol. The Kier molecular flexibility index (Phi) is 10.8. The molecule has 1 heterocycles. The van der Waals surface area contributed by atoms with Gasteiger partial charge in [-0.3, -0.25) is 4.79 Å². The number of rotatable bonds is 7. The SMILES string of the molecule is CN(C)C(CNC(=O)c1csc(CCN)n1)c1c(F)cccc1F.Cl.Cl. The van der Waals surface area contributed by atoms with E-state index in [2.05, 4.69) is 10.3 Å². The molecule has 0 saturated carbocycles. The molecule has 10 heteroatoms. The number of nitrogens with one attached hydrogen (secondary N) is 1. The highest BCUT2D eigenvalue weighted by atomic mass is 35.5. The Balaban J connectivity index is 0.00000312. The van der Waals surface area contributed by atoms with Crippen molar-refractivity contribution in [2.45, 2.75) is 12.5 Å². The lowest BCUT2D eigenvalue weighted by Crippen LogP contribution is -2.35. The fourth-order valence-corrected chi connectivity index (χ4v) is 3.10. The predicted molar refractivity (Wildman–Crippen MR) is 104 cm³/mol. The average molecular weight is 427 g/mol. The maximum atomic E-state index is 14.0. The molecule has 0 bridgehead atoms. The van der Waals surface area contributed by atoms with Gasteiger partial charge in [0.1, 0.15) is 17.3 Å². The van der Waals surface area contributed by atoms with E-state index in [9.17, 15) is 13.6 Å². The van der Waals surface area contributed by atoms with E-state index in [1.165, 1.54) is 29.5 Å². The first-order valence-corrected chi connectivity index (χ1v) is 8.35. The fourth-order valence-electron chi connectivity index (χ4n) is 2.31. The number of amides is 1. The summed E-state index contributed by atoms with van der Waals surface area (Å²) < 4.78 is 28.0. The van der Waals surface area contributed by atoms with Gasteiger partial charge in [0, 0.05) is 23.9 Å². The highest BCUT2D eigenvalue weighted by Crippen LogP contribution is 2.24. The van der Waals surface area contributed by atoms with Crippen molar-refractivity contribution in [1.82, 2.24) is 15.2 Å². The van der Waals surface area contributed by atoms with E-state index in [-0.39, 0.29) is 48.5 Å². The molecule has 2 aromatic rings. The van der Waals surface area contributed by atoms with E-state index < -0.39 is 17.7 Å². The Morgan fingerprint density at radius 1 is 1.31 bits per heavy atom. The number of halogens is 4. The lowest BCUT2D eigenvalue weighted by molar-refractivity contribution is 0.0936. The summed E-state index contributed by atoms with van der Waals surface area (Å²) >= 11 is 1.36. The topological polar surface area (TPSA) is 71.2 Å². The first-order chi connectivity index (χ1) is 11.4. The number of carbonyl (C=O) groups is 1. The molecule has 3 N–H and O–H groups in total. The smallest absolute Gasteiger partial charge is 0.270 e. The predicted octanol–water partition coefficient (Wildman–Crippen LogP) is 2.80. The van der Waals surface area contributed by atoms with Crippen LogP contribution in [0.4, 0.5) is 8.78 Å². The van der Waals surface area contributed by atoms with Crippen LogP contribution in [0.2, 0.25) is 0 Å². The van der Waals surface area contributed by atoms with Crippen molar-refractivity contribution >= 4 is 42.1 Å². The molecule has 1 aromatic carbocycles. The Labute approximate surface area is 167 Å². The van der Waals surface area contributed by atoms with Crippen LogP contribution in [-0.2, 0) is 6.42 Å². The van der Waals surface area contributed by atoms with Gasteiger partial charge in [-0.2, -0.15) is 0 Å². The third-order valence-electron chi connectivity index (χ3n) is 3.55. The monoisotopic (exact) mass is 426 g/mol. The second kappa shape index (κ2) is 11.4. The lowest BCUT2D eigenvalue weighted by atomic mass is 10.0. The van der Waals surface area contributed by atoms with Crippen molar-refractivity contribution in [3.8, 4) is 0 Å². The molecule has 26 heavy (non-hydrogen) atoms. The average Bonchev–Trinajstić information content (AvgIpc) is 2.98. The number of carbonyl (C=O) groups excluding carboxylic acids is 1. The van der Waals surface area contributed by atoms with E-state index in [1.807, 2.05) is 0 Å². The Morgan fingerprint density at radius 3 is 2.46 bits per heavy atom. The Hall–Kier alpha value is -1.32. The third-order valence-corrected chi connectivity index (χ3v) is 4.46. The summed E-state index contributed by atoms with van der Waals surface area (Å²) in [5.41, 5.74) is 5.68. The highest BCUT2D eigenvalue weighted by Gasteiger charge is 2.23. The summed E-state index contributed by atoms with van der Waals surface area (Å²) in [5.74, 6) is -1.65. The van der Waals surface area contributed by atoms with E-state index in [0.717, 1.165) is 5.01 Å². The summed E-state index contributed by atoms with van der Waals surface area (Å²) in [5, 5.41) is 5.12. The molecule has 0 fully saturated rings. The molecule has 0 aliphatic rings. The molecule has 0 spiro atoms. The summed E-state index contributed by atoms with van der Waals surface area (Å²) in [7, 11) is 3.40. The van der Waals surface area contributed by atoms with E-state index in [4.69, 9.17) is 5.73 Å². The molecule has 0 saturated heterocycles. The molecule has 2 rings (SSSR count). The van der Waals surface area contributed by atoms with Crippen LogP contribution in [0.5, 0.6) is 0 Å². The van der Waals surface area contributed by atoms with Crippen LogP contribution in [0, 0.1) is 11.6 Å². The van der Waals surface area contributed by atoms with Crippen molar-refractivity contribution in [3.05, 3.63) is 51.5 Å². The molecule has 1 atom stereocenters. The maximum Gasteiger partial charge on any atom is 0.270 e.